The van der Waals surface area contributed by atoms with E-state index >= 15 is 0 Å². The van der Waals surface area contributed by atoms with Gasteiger partial charge in [-0.3, -0.25) is 0 Å². The minimum absolute atomic E-state index is 1.09. The van der Waals surface area contributed by atoms with E-state index in [1.807, 2.05) is 0 Å². The van der Waals surface area contributed by atoms with Gasteiger partial charge in [0.1, 0.15) is 0 Å². The van der Waals surface area contributed by atoms with Crippen LogP contribution in [0.4, 0.5) is 0 Å². The van der Waals surface area contributed by atoms with Crippen molar-refractivity contribution in [3.8, 4) is 28.2 Å². The summed E-state index contributed by atoms with van der Waals surface area (Å²) in [5, 5.41) is 2.40. The molecule has 0 fully saturated rings. The monoisotopic (exact) mass is 879 g/mol. The van der Waals surface area contributed by atoms with Gasteiger partial charge in [-0.2, -0.15) is 0 Å². The second-order valence-corrected chi connectivity index (χ2v) is 17.3. The van der Waals surface area contributed by atoms with Crippen LogP contribution >= 0.6 is 0 Å². The van der Waals surface area contributed by atoms with Gasteiger partial charge in [0, 0.05) is 16.5 Å². The average Bonchev–Trinajstić information content (AvgIpc) is 3.78. The quantitative estimate of drug-likeness (QED) is 0.108. The minimum atomic E-state index is 1.09. The van der Waals surface area contributed by atoms with Crippen molar-refractivity contribution in [2.24, 2.45) is 0 Å². The van der Waals surface area contributed by atoms with Crippen molar-refractivity contribution in [3.05, 3.63) is 329 Å². The normalized spacial score (nSPS) is 10.9. The van der Waals surface area contributed by atoms with Gasteiger partial charge in [0.2, 0.25) is 0 Å². The Hall–Kier alpha value is -9.04. The predicted molar refractivity (Wildman–Crippen MR) is 294 cm³/mol. The van der Waals surface area contributed by atoms with Crippen LogP contribution in [0, 0.1) is 0 Å². The highest BCUT2D eigenvalue weighted by molar-refractivity contribution is 6.07. The Kier molecular flexibility index (Phi) is 12.2. The van der Waals surface area contributed by atoms with Crippen LogP contribution in [0.1, 0.15) is 50.1 Å². The molecule has 0 saturated heterocycles. The van der Waals surface area contributed by atoms with E-state index in [1.54, 1.807) is 0 Å². The molecule has 0 unspecified atom stereocenters. The Morgan fingerprint density at radius 2 is 0.464 bits per heavy atom. The SMILES string of the molecule is C(=C(c1ccccc1)c1ccccc1)c1ccc(-c2c3ccccc3c(-c3ccc(C=C(c4ccccc4)c4ccccc4)cc3)n2-c2ccc(C=C(c3ccccc3)c3ccccc3)cc2)cc1. The molecule has 0 spiro atoms. The first kappa shape index (κ1) is 42.6. The Bertz CT molecular complexity index is 3250. The van der Waals surface area contributed by atoms with E-state index < -0.39 is 0 Å². The molecular formula is C68H49N. The molecule has 0 amide bonds. The number of benzene rings is 10. The lowest BCUT2D eigenvalue weighted by molar-refractivity contribution is 1.10. The molecule has 326 valence electrons. The first-order chi connectivity index (χ1) is 34.2. The van der Waals surface area contributed by atoms with Crippen molar-refractivity contribution in [1.29, 1.82) is 0 Å². The fourth-order valence-electron chi connectivity index (χ4n) is 9.48. The summed E-state index contributed by atoms with van der Waals surface area (Å²) in [6.07, 6.45) is 6.91. The van der Waals surface area contributed by atoms with Crippen LogP contribution in [0.2, 0.25) is 0 Å². The molecule has 11 aromatic rings. The molecule has 0 saturated carbocycles. The molecule has 0 atom stereocenters. The average molecular weight is 880 g/mol. The summed E-state index contributed by atoms with van der Waals surface area (Å²) in [6.45, 7) is 0. The lowest BCUT2D eigenvalue weighted by atomic mass is 9.95. The lowest BCUT2D eigenvalue weighted by Gasteiger charge is -2.16. The van der Waals surface area contributed by atoms with Crippen molar-refractivity contribution in [3.63, 3.8) is 0 Å². The topological polar surface area (TPSA) is 4.93 Å². The van der Waals surface area contributed by atoms with Gasteiger partial charge in [0.15, 0.2) is 0 Å². The zero-order valence-electron chi connectivity index (χ0n) is 38.2. The molecule has 11 rings (SSSR count). The van der Waals surface area contributed by atoms with Crippen LogP contribution in [0.5, 0.6) is 0 Å². The summed E-state index contributed by atoms with van der Waals surface area (Å²) in [5.41, 5.74) is 19.8. The van der Waals surface area contributed by atoms with Gasteiger partial charge in [-0.25, -0.2) is 0 Å². The lowest BCUT2D eigenvalue weighted by Crippen LogP contribution is -2.00. The summed E-state index contributed by atoms with van der Waals surface area (Å²) in [5.74, 6) is 0. The second-order valence-electron chi connectivity index (χ2n) is 17.3. The Labute approximate surface area is 405 Å². The summed E-state index contributed by atoms with van der Waals surface area (Å²) in [4.78, 5) is 0. The molecule has 0 radical (unpaired) electrons. The van der Waals surface area contributed by atoms with E-state index in [-0.39, 0.29) is 0 Å². The molecule has 1 aromatic heterocycles. The van der Waals surface area contributed by atoms with Crippen molar-refractivity contribution in [1.82, 2.24) is 4.57 Å². The smallest absolute Gasteiger partial charge is 0.0613 e. The van der Waals surface area contributed by atoms with Crippen LogP contribution in [-0.2, 0) is 0 Å². The maximum Gasteiger partial charge on any atom is 0.0613 e. The number of hydrogen-bond donors (Lipinski definition) is 0. The molecule has 0 aliphatic heterocycles. The molecule has 1 heteroatoms. The van der Waals surface area contributed by atoms with Crippen molar-refractivity contribution in [2.75, 3.05) is 0 Å². The van der Waals surface area contributed by atoms with Gasteiger partial charge >= 0.3 is 0 Å². The van der Waals surface area contributed by atoms with Gasteiger partial charge in [-0.1, -0.05) is 267 Å². The molecule has 1 heterocycles. The van der Waals surface area contributed by atoms with Crippen LogP contribution in [0.15, 0.2) is 279 Å². The first-order valence-electron chi connectivity index (χ1n) is 23.7. The first-order valence-corrected chi connectivity index (χ1v) is 23.7. The third-order valence-corrected chi connectivity index (χ3v) is 12.8. The Balaban J connectivity index is 1.06. The zero-order chi connectivity index (χ0) is 46.2. The number of hydrogen-bond acceptors (Lipinski definition) is 0. The number of nitrogens with zero attached hydrogens (tertiary/aromatic N) is 1. The molecular weight excluding hydrogens is 831 g/mol. The van der Waals surface area contributed by atoms with E-state index in [2.05, 4.69) is 302 Å². The second kappa shape index (κ2) is 19.8. The van der Waals surface area contributed by atoms with Crippen molar-refractivity contribution < 1.29 is 0 Å². The molecule has 1 nitrogen and oxygen atoms in total. The summed E-state index contributed by atoms with van der Waals surface area (Å²) >= 11 is 0. The van der Waals surface area contributed by atoms with Crippen LogP contribution in [0.25, 0.3) is 73.9 Å². The van der Waals surface area contributed by atoms with Crippen LogP contribution < -0.4 is 0 Å². The zero-order valence-corrected chi connectivity index (χ0v) is 38.2. The van der Waals surface area contributed by atoms with Crippen LogP contribution in [0.3, 0.4) is 0 Å². The standard InChI is InChI=1S/C68H49N/c1-7-21-53(22-8-1)64(54-23-9-2-10-24-54)47-50-35-41-59(42-36-50)67-62-33-19-20-34-63(62)68(60-43-37-51(38-44-60)48-65(55-25-11-3-12-26-55)56-27-13-4-14-28-56)69(67)61-45-39-52(40-46-61)49-66(57-29-15-5-16-30-57)58-31-17-6-18-32-58/h1-49H. The molecule has 69 heavy (non-hydrogen) atoms. The highest BCUT2D eigenvalue weighted by Gasteiger charge is 2.21. The van der Waals surface area contributed by atoms with E-state index in [0.717, 1.165) is 44.9 Å². The van der Waals surface area contributed by atoms with Crippen molar-refractivity contribution in [2.45, 2.75) is 0 Å². The Morgan fingerprint density at radius 1 is 0.232 bits per heavy atom. The maximum atomic E-state index is 2.47. The molecule has 0 aliphatic carbocycles. The van der Waals surface area contributed by atoms with Gasteiger partial charge in [0.05, 0.1) is 11.4 Å². The maximum absolute atomic E-state index is 2.47. The number of aromatic nitrogens is 1. The third-order valence-electron chi connectivity index (χ3n) is 12.8. The number of fused-ring (bicyclic) bond motifs is 1. The number of rotatable bonds is 12. The van der Waals surface area contributed by atoms with Gasteiger partial charge in [-0.05, 0) is 108 Å². The van der Waals surface area contributed by atoms with Gasteiger partial charge in [-0.15, -0.1) is 0 Å². The summed E-state index contributed by atoms with van der Waals surface area (Å²) in [6, 6.07) is 100. The fourth-order valence-corrected chi connectivity index (χ4v) is 9.48. The minimum Gasteiger partial charge on any atom is -0.308 e. The summed E-state index contributed by atoms with van der Waals surface area (Å²) in [7, 11) is 0. The highest BCUT2D eigenvalue weighted by atomic mass is 15.0. The molecule has 0 N–H and O–H groups in total. The van der Waals surface area contributed by atoms with E-state index in [9.17, 15) is 0 Å². The highest BCUT2D eigenvalue weighted by Crippen LogP contribution is 2.42. The van der Waals surface area contributed by atoms with Gasteiger partial charge in [0.25, 0.3) is 0 Å². The van der Waals surface area contributed by atoms with E-state index in [1.165, 1.54) is 60.9 Å². The Morgan fingerprint density at radius 3 is 0.725 bits per heavy atom. The predicted octanol–water partition coefficient (Wildman–Crippen LogP) is 17.7. The van der Waals surface area contributed by atoms with E-state index in [4.69, 9.17) is 0 Å². The van der Waals surface area contributed by atoms with Gasteiger partial charge < -0.3 is 4.57 Å². The molecule has 10 aromatic carbocycles. The third kappa shape index (κ3) is 9.23. The largest absolute Gasteiger partial charge is 0.308 e. The van der Waals surface area contributed by atoms with E-state index in [0.29, 0.717) is 0 Å². The summed E-state index contributed by atoms with van der Waals surface area (Å²) < 4.78 is 2.47. The van der Waals surface area contributed by atoms with Crippen LogP contribution in [-0.4, -0.2) is 4.57 Å². The van der Waals surface area contributed by atoms with Crippen molar-refractivity contribution >= 4 is 45.7 Å². The molecule has 0 bridgehead atoms. The molecule has 0 aliphatic rings. The fraction of sp³-hybridized carbons (Fsp3) is 0.